The zero-order valence-electron chi connectivity index (χ0n) is 10.2. The average Bonchev–Trinajstić information content (AvgIpc) is 2.83. The quantitative estimate of drug-likeness (QED) is 0.582. The van der Waals surface area contributed by atoms with Gasteiger partial charge >= 0.3 is 6.09 Å². The molecule has 1 aromatic rings. The van der Waals surface area contributed by atoms with Gasteiger partial charge in [-0.3, -0.25) is 0 Å². The second-order valence-electron chi connectivity index (χ2n) is 3.33. The molecule has 0 N–H and O–H groups in total. The summed E-state index contributed by atoms with van der Waals surface area (Å²) in [7, 11) is 0. The van der Waals surface area contributed by atoms with Crippen molar-refractivity contribution in [2.45, 2.75) is 26.7 Å². The highest BCUT2D eigenvalue weighted by atomic mass is 16.6. The van der Waals surface area contributed by atoms with Crippen molar-refractivity contribution in [3.63, 3.8) is 0 Å². The van der Waals surface area contributed by atoms with Crippen LogP contribution in [0.2, 0.25) is 0 Å². The van der Waals surface area contributed by atoms with Crippen LogP contribution in [0.5, 0.6) is 0 Å². The standard InChI is InChI=1S/C13H17NO3/c1-3-5-6-7-10-14(13(15)16-4-2)12-9-8-11-17-12/h8-9,11H,4,6-7,10H2,1-2H3. The predicted octanol–water partition coefficient (Wildman–Crippen LogP) is 3.05. The van der Waals surface area contributed by atoms with Gasteiger partial charge in [0.2, 0.25) is 5.88 Å². The first-order chi connectivity index (χ1) is 8.29. The van der Waals surface area contributed by atoms with Gasteiger partial charge in [0.25, 0.3) is 0 Å². The third kappa shape index (κ3) is 4.23. The maximum absolute atomic E-state index is 11.7. The predicted molar refractivity (Wildman–Crippen MR) is 65.8 cm³/mol. The van der Waals surface area contributed by atoms with Crippen molar-refractivity contribution < 1.29 is 13.9 Å². The van der Waals surface area contributed by atoms with E-state index in [9.17, 15) is 4.79 Å². The minimum atomic E-state index is -0.382. The Hall–Kier alpha value is -1.89. The van der Waals surface area contributed by atoms with Gasteiger partial charge in [0.1, 0.15) is 0 Å². The van der Waals surface area contributed by atoms with E-state index in [1.165, 1.54) is 11.2 Å². The molecule has 0 bridgehead atoms. The molecule has 0 radical (unpaired) electrons. The largest absolute Gasteiger partial charge is 0.449 e. The zero-order valence-corrected chi connectivity index (χ0v) is 10.2. The lowest BCUT2D eigenvalue weighted by molar-refractivity contribution is 0.158. The Balaban J connectivity index is 2.59. The molecule has 0 saturated heterocycles. The maximum atomic E-state index is 11.7. The number of carbonyl (C=O) groups excluding carboxylic acids is 1. The van der Waals surface area contributed by atoms with Crippen LogP contribution in [-0.2, 0) is 4.74 Å². The van der Waals surface area contributed by atoms with Crippen LogP contribution in [0.3, 0.4) is 0 Å². The third-order valence-corrected chi connectivity index (χ3v) is 2.12. The number of furan rings is 1. The second-order valence-corrected chi connectivity index (χ2v) is 3.33. The fourth-order valence-corrected chi connectivity index (χ4v) is 1.37. The Morgan fingerprint density at radius 1 is 1.59 bits per heavy atom. The normalized spacial score (nSPS) is 9.29. The Morgan fingerprint density at radius 2 is 2.41 bits per heavy atom. The van der Waals surface area contributed by atoms with Crippen molar-refractivity contribution in [2.24, 2.45) is 0 Å². The summed E-state index contributed by atoms with van der Waals surface area (Å²) in [5.41, 5.74) is 0. The van der Waals surface area contributed by atoms with Gasteiger partial charge < -0.3 is 9.15 Å². The summed E-state index contributed by atoms with van der Waals surface area (Å²) in [5, 5.41) is 0. The fourth-order valence-electron chi connectivity index (χ4n) is 1.37. The summed E-state index contributed by atoms with van der Waals surface area (Å²) in [5.74, 6) is 6.29. The highest BCUT2D eigenvalue weighted by Gasteiger charge is 2.18. The van der Waals surface area contributed by atoms with E-state index in [4.69, 9.17) is 9.15 Å². The Labute approximate surface area is 102 Å². The van der Waals surface area contributed by atoms with Gasteiger partial charge in [0, 0.05) is 19.0 Å². The number of ether oxygens (including phenoxy) is 1. The molecule has 1 aromatic heterocycles. The van der Waals surface area contributed by atoms with Crippen molar-refractivity contribution in [2.75, 3.05) is 18.1 Å². The fraction of sp³-hybridized carbons (Fsp3) is 0.462. The molecular formula is C13H17NO3. The molecule has 1 rings (SSSR count). The van der Waals surface area contributed by atoms with Gasteiger partial charge in [-0.1, -0.05) is 0 Å². The molecule has 17 heavy (non-hydrogen) atoms. The molecule has 4 heteroatoms. The molecule has 0 fully saturated rings. The first kappa shape index (κ1) is 13.2. The average molecular weight is 235 g/mol. The molecule has 0 aliphatic carbocycles. The summed E-state index contributed by atoms with van der Waals surface area (Å²) in [4.78, 5) is 13.2. The number of carbonyl (C=O) groups is 1. The molecule has 0 aromatic carbocycles. The summed E-state index contributed by atoms with van der Waals surface area (Å²) >= 11 is 0. The van der Waals surface area contributed by atoms with Crippen molar-refractivity contribution in [3.05, 3.63) is 18.4 Å². The van der Waals surface area contributed by atoms with E-state index >= 15 is 0 Å². The molecule has 1 amide bonds. The van der Waals surface area contributed by atoms with Crippen LogP contribution < -0.4 is 4.90 Å². The van der Waals surface area contributed by atoms with E-state index in [1.807, 2.05) is 0 Å². The lowest BCUT2D eigenvalue weighted by atomic mass is 10.3. The molecule has 4 nitrogen and oxygen atoms in total. The molecule has 0 spiro atoms. The van der Waals surface area contributed by atoms with Gasteiger partial charge in [-0.05, 0) is 26.3 Å². The first-order valence-corrected chi connectivity index (χ1v) is 5.67. The summed E-state index contributed by atoms with van der Waals surface area (Å²) < 4.78 is 10.2. The van der Waals surface area contributed by atoms with Crippen LogP contribution in [0.25, 0.3) is 0 Å². The summed E-state index contributed by atoms with van der Waals surface area (Å²) in [6, 6.07) is 3.48. The van der Waals surface area contributed by atoms with E-state index in [1.54, 1.807) is 26.0 Å². The van der Waals surface area contributed by atoms with Crippen LogP contribution >= 0.6 is 0 Å². The Bertz CT molecular complexity index is 387. The molecule has 0 unspecified atom stereocenters. The van der Waals surface area contributed by atoms with Crippen LogP contribution in [0.4, 0.5) is 10.7 Å². The monoisotopic (exact) mass is 235 g/mol. The number of unbranched alkanes of at least 4 members (excludes halogenated alkanes) is 1. The van der Waals surface area contributed by atoms with Crippen molar-refractivity contribution in [1.29, 1.82) is 0 Å². The van der Waals surface area contributed by atoms with Crippen molar-refractivity contribution >= 4 is 12.0 Å². The van der Waals surface area contributed by atoms with Crippen molar-refractivity contribution in [3.8, 4) is 11.8 Å². The van der Waals surface area contributed by atoms with Gasteiger partial charge in [0.05, 0.1) is 12.9 Å². The lowest BCUT2D eigenvalue weighted by Gasteiger charge is -2.18. The number of hydrogen-bond acceptors (Lipinski definition) is 3. The van der Waals surface area contributed by atoms with Crippen molar-refractivity contribution in [1.82, 2.24) is 0 Å². The smallest absolute Gasteiger partial charge is 0.416 e. The minimum Gasteiger partial charge on any atom is -0.449 e. The minimum absolute atomic E-state index is 0.352. The van der Waals surface area contributed by atoms with E-state index in [-0.39, 0.29) is 6.09 Å². The second kappa shape index (κ2) is 7.39. The van der Waals surface area contributed by atoms with Gasteiger partial charge in [-0.25, -0.2) is 9.69 Å². The Morgan fingerprint density at radius 3 is 3.00 bits per heavy atom. The van der Waals surface area contributed by atoms with E-state index in [0.29, 0.717) is 19.0 Å². The van der Waals surface area contributed by atoms with E-state index in [0.717, 1.165) is 12.8 Å². The van der Waals surface area contributed by atoms with Crippen LogP contribution in [0, 0.1) is 11.8 Å². The number of amides is 1. The first-order valence-electron chi connectivity index (χ1n) is 5.67. The van der Waals surface area contributed by atoms with Gasteiger partial charge in [0.15, 0.2) is 0 Å². The maximum Gasteiger partial charge on any atom is 0.416 e. The number of nitrogens with zero attached hydrogens (tertiary/aromatic N) is 1. The van der Waals surface area contributed by atoms with E-state index < -0.39 is 0 Å². The molecular weight excluding hydrogens is 218 g/mol. The van der Waals surface area contributed by atoms with Crippen LogP contribution in [0.15, 0.2) is 22.8 Å². The van der Waals surface area contributed by atoms with Crippen LogP contribution in [-0.4, -0.2) is 19.2 Å². The molecule has 0 saturated carbocycles. The topological polar surface area (TPSA) is 42.7 Å². The van der Waals surface area contributed by atoms with Gasteiger partial charge in [-0.2, -0.15) is 0 Å². The summed E-state index contributed by atoms with van der Waals surface area (Å²) in [6.45, 7) is 4.47. The molecule has 0 atom stereocenters. The highest BCUT2D eigenvalue weighted by Crippen LogP contribution is 2.16. The van der Waals surface area contributed by atoms with E-state index in [2.05, 4.69) is 11.8 Å². The lowest BCUT2D eigenvalue weighted by Crippen LogP contribution is -2.32. The summed E-state index contributed by atoms with van der Waals surface area (Å²) in [6.07, 6.45) is 2.70. The number of anilines is 1. The molecule has 92 valence electrons. The highest BCUT2D eigenvalue weighted by molar-refractivity contribution is 5.85. The molecule has 0 aliphatic heterocycles. The van der Waals surface area contributed by atoms with Crippen LogP contribution in [0.1, 0.15) is 26.7 Å². The zero-order chi connectivity index (χ0) is 12.5. The van der Waals surface area contributed by atoms with Gasteiger partial charge in [-0.15, -0.1) is 11.8 Å². The third-order valence-electron chi connectivity index (χ3n) is 2.12. The number of hydrogen-bond donors (Lipinski definition) is 0. The Kier molecular flexibility index (Phi) is 5.73. The molecule has 0 aliphatic rings. The molecule has 1 heterocycles. The number of rotatable bonds is 5. The SMILES string of the molecule is CC#CCCCN(C(=O)OCC)c1ccco1.